The van der Waals surface area contributed by atoms with Gasteiger partial charge in [0.15, 0.2) is 0 Å². The van der Waals surface area contributed by atoms with E-state index in [2.05, 4.69) is 18.8 Å². The normalized spacial score (nSPS) is 26.1. The molecule has 1 fully saturated rings. The van der Waals surface area contributed by atoms with Crippen LogP contribution in [0.5, 0.6) is 0 Å². The van der Waals surface area contributed by atoms with Crippen LogP contribution < -0.4 is 5.69 Å². The average molecular weight is 288 g/mol. The summed E-state index contributed by atoms with van der Waals surface area (Å²) in [5, 5.41) is 9.40. The van der Waals surface area contributed by atoms with Gasteiger partial charge in [-0.2, -0.15) is 0 Å². The maximum Gasteiger partial charge on any atom is 0.337 e. The molecule has 112 valence electrons. The second-order valence-electron chi connectivity index (χ2n) is 6.14. The highest BCUT2D eigenvalue weighted by molar-refractivity contribution is 6.01. The largest absolute Gasteiger partial charge is 0.478 e. The lowest BCUT2D eigenvalue weighted by Crippen LogP contribution is -2.32. The van der Waals surface area contributed by atoms with Gasteiger partial charge in [-0.3, -0.25) is 4.57 Å². The van der Waals surface area contributed by atoms with Crippen LogP contribution in [0, 0.1) is 11.8 Å². The minimum Gasteiger partial charge on any atom is -0.478 e. The fourth-order valence-electron chi connectivity index (χ4n) is 3.59. The summed E-state index contributed by atoms with van der Waals surface area (Å²) in [5.74, 6) is -0.0975. The lowest BCUT2D eigenvalue weighted by atomic mass is 9.78. The van der Waals surface area contributed by atoms with Crippen LogP contribution in [0.25, 0.3) is 11.0 Å². The molecule has 0 saturated heterocycles. The van der Waals surface area contributed by atoms with Crippen LogP contribution in [0.1, 0.15) is 49.5 Å². The third-order valence-electron chi connectivity index (χ3n) is 4.96. The third kappa shape index (κ3) is 2.17. The summed E-state index contributed by atoms with van der Waals surface area (Å²) >= 11 is 0. The number of carbonyl (C=O) groups is 1. The molecule has 21 heavy (non-hydrogen) atoms. The second-order valence-corrected chi connectivity index (χ2v) is 6.14. The molecule has 0 bridgehead atoms. The van der Waals surface area contributed by atoms with E-state index in [9.17, 15) is 14.7 Å². The molecule has 1 aliphatic rings. The zero-order chi connectivity index (χ0) is 15.1. The molecular weight excluding hydrogens is 268 g/mol. The average Bonchev–Trinajstić information content (AvgIpc) is 2.77. The Kier molecular flexibility index (Phi) is 3.35. The molecule has 0 radical (unpaired) electrons. The number of aromatic nitrogens is 2. The van der Waals surface area contributed by atoms with Gasteiger partial charge < -0.3 is 10.1 Å². The molecule has 3 rings (SSSR count). The summed E-state index contributed by atoms with van der Waals surface area (Å²) in [6, 6.07) is 5.05. The zero-order valence-electron chi connectivity index (χ0n) is 12.3. The van der Waals surface area contributed by atoms with Crippen LogP contribution in [-0.4, -0.2) is 20.6 Å². The summed E-state index contributed by atoms with van der Waals surface area (Å²) in [6.45, 7) is 4.36. The molecule has 1 aliphatic carbocycles. The van der Waals surface area contributed by atoms with Crippen molar-refractivity contribution in [2.45, 2.75) is 39.2 Å². The van der Waals surface area contributed by atoms with E-state index >= 15 is 0 Å². The number of hydrogen-bond acceptors (Lipinski definition) is 2. The van der Waals surface area contributed by atoms with Crippen molar-refractivity contribution in [1.29, 1.82) is 0 Å². The molecule has 1 aromatic heterocycles. The van der Waals surface area contributed by atoms with Crippen LogP contribution in [0.4, 0.5) is 0 Å². The van der Waals surface area contributed by atoms with Crippen molar-refractivity contribution in [1.82, 2.24) is 9.55 Å². The molecule has 0 aliphatic heterocycles. The number of carboxylic acids is 1. The van der Waals surface area contributed by atoms with Crippen LogP contribution in [0.3, 0.4) is 0 Å². The number of benzene rings is 1. The van der Waals surface area contributed by atoms with Gasteiger partial charge >= 0.3 is 11.7 Å². The Morgan fingerprint density at radius 3 is 2.81 bits per heavy atom. The maximum atomic E-state index is 12.4. The molecule has 3 unspecified atom stereocenters. The van der Waals surface area contributed by atoms with Crippen molar-refractivity contribution < 1.29 is 9.90 Å². The van der Waals surface area contributed by atoms with Crippen molar-refractivity contribution in [3.8, 4) is 0 Å². The van der Waals surface area contributed by atoms with Gasteiger partial charge in [-0.25, -0.2) is 9.59 Å². The highest BCUT2D eigenvalue weighted by atomic mass is 16.4. The molecule has 1 heterocycles. The number of aromatic amines is 1. The molecular formula is C16H20N2O3. The quantitative estimate of drug-likeness (QED) is 0.892. The van der Waals surface area contributed by atoms with Gasteiger partial charge in [-0.1, -0.05) is 32.8 Å². The highest BCUT2D eigenvalue weighted by Gasteiger charge is 2.31. The Morgan fingerprint density at radius 1 is 1.33 bits per heavy atom. The summed E-state index contributed by atoms with van der Waals surface area (Å²) < 4.78 is 1.68. The lowest BCUT2D eigenvalue weighted by molar-refractivity contribution is 0.0698. The van der Waals surface area contributed by atoms with Crippen LogP contribution in [0.15, 0.2) is 23.0 Å². The first-order valence-electron chi connectivity index (χ1n) is 7.47. The van der Waals surface area contributed by atoms with E-state index in [0.717, 1.165) is 12.8 Å². The van der Waals surface area contributed by atoms with E-state index in [0.29, 0.717) is 22.9 Å². The van der Waals surface area contributed by atoms with Gasteiger partial charge in [0.05, 0.1) is 16.6 Å². The van der Waals surface area contributed by atoms with E-state index in [1.165, 1.54) is 6.42 Å². The van der Waals surface area contributed by atoms with Crippen LogP contribution in [-0.2, 0) is 0 Å². The number of nitrogens with zero attached hydrogens (tertiary/aromatic N) is 1. The number of fused-ring (bicyclic) bond motifs is 1. The molecule has 3 atom stereocenters. The number of rotatable bonds is 2. The van der Waals surface area contributed by atoms with E-state index in [-0.39, 0.29) is 17.3 Å². The molecule has 5 nitrogen and oxygen atoms in total. The standard InChI is InChI=1S/C16H20N2O3/c1-9-5-3-8-13(10(9)2)18-14-11(15(19)20)6-4-7-12(14)17-16(18)21/h4,6-7,9-10,13H,3,5,8H2,1-2H3,(H,17,21)(H,19,20). The van der Waals surface area contributed by atoms with Crippen LogP contribution in [0.2, 0.25) is 0 Å². The number of nitrogens with one attached hydrogen (secondary N) is 1. The van der Waals surface area contributed by atoms with E-state index in [1.54, 1.807) is 22.8 Å². The third-order valence-corrected chi connectivity index (χ3v) is 4.96. The smallest absolute Gasteiger partial charge is 0.337 e. The number of hydrogen-bond donors (Lipinski definition) is 2. The van der Waals surface area contributed by atoms with Gasteiger partial charge in [0.25, 0.3) is 0 Å². The van der Waals surface area contributed by atoms with Crippen molar-refractivity contribution >= 4 is 17.0 Å². The van der Waals surface area contributed by atoms with E-state index < -0.39 is 5.97 Å². The van der Waals surface area contributed by atoms with Crippen molar-refractivity contribution in [3.63, 3.8) is 0 Å². The molecule has 1 aromatic carbocycles. The number of H-pyrrole nitrogens is 1. The number of imidazole rings is 1. The molecule has 0 amide bonds. The summed E-state index contributed by atoms with van der Waals surface area (Å²) in [6.07, 6.45) is 3.16. The summed E-state index contributed by atoms with van der Waals surface area (Å²) in [7, 11) is 0. The second kappa shape index (κ2) is 5.06. The van der Waals surface area contributed by atoms with Gasteiger partial charge in [0.1, 0.15) is 0 Å². The summed E-state index contributed by atoms with van der Waals surface area (Å²) in [5.41, 5.74) is 1.12. The highest BCUT2D eigenvalue weighted by Crippen LogP contribution is 2.38. The predicted molar refractivity (Wildman–Crippen MR) is 80.7 cm³/mol. The van der Waals surface area contributed by atoms with Crippen molar-refractivity contribution in [3.05, 3.63) is 34.2 Å². The van der Waals surface area contributed by atoms with Gasteiger partial charge in [0, 0.05) is 6.04 Å². The van der Waals surface area contributed by atoms with Gasteiger partial charge in [-0.05, 0) is 30.4 Å². The van der Waals surface area contributed by atoms with Crippen molar-refractivity contribution in [2.75, 3.05) is 0 Å². The van der Waals surface area contributed by atoms with E-state index in [1.807, 2.05) is 0 Å². The first-order valence-corrected chi connectivity index (χ1v) is 7.47. The Hall–Kier alpha value is -2.04. The monoisotopic (exact) mass is 288 g/mol. The van der Waals surface area contributed by atoms with Crippen LogP contribution >= 0.6 is 0 Å². The number of para-hydroxylation sites is 1. The Morgan fingerprint density at radius 2 is 2.10 bits per heavy atom. The molecule has 2 aromatic rings. The lowest BCUT2D eigenvalue weighted by Gasteiger charge is -2.34. The SMILES string of the molecule is CC1CCCC(n2c(=O)[nH]c3cccc(C(=O)O)c32)C1C. The molecule has 0 spiro atoms. The van der Waals surface area contributed by atoms with E-state index in [4.69, 9.17) is 0 Å². The maximum absolute atomic E-state index is 12.4. The first-order chi connectivity index (χ1) is 10.0. The summed E-state index contributed by atoms with van der Waals surface area (Å²) in [4.78, 5) is 26.7. The fraction of sp³-hybridized carbons (Fsp3) is 0.500. The topological polar surface area (TPSA) is 75.1 Å². The number of carboxylic acid groups (broad SMARTS) is 1. The zero-order valence-corrected chi connectivity index (χ0v) is 12.3. The van der Waals surface area contributed by atoms with Gasteiger partial charge in [0.2, 0.25) is 0 Å². The minimum absolute atomic E-state index is 0.0653. The Balaban J connectivity index is 2.24. The number of aromatic carboxylic acids is 1. The molecule has 1 saturated carbocycles. The Labute approximate surface area is 122 Å². The minimum atomic E-state index is -0.995. The molecule has 2 N–H and O–H groups in total. The first kappa shape index (κ1) is 13.9. The van der Waals surface area contributed by atoms with Crippen molar-refractivity contribution in [2.24, 2.45) is 11.8 Å². The Bertz CT molecular complexity index is 744. The van der Waals surface area contributed by atoms with Gasteiger partial charge in [-0.15, -0.1) is 0 Å². The predicted octanol–water partition coefficient (Wildman–Crippen LogP) is 3.03. The molecule has 5 heteroatoms. The fourth-order valence-corrected chi connectivity index (χ4v) is 3.59.